The first-order valence-electron chi connectivity index (χ1n) is 21.5. The molecule has 0 aliphatic carbocycles. The second-order valence-corrected chi connectivity index (χ2v) is 16.7. The second kappa shape index (κ2) is 16.2. The van der Waals surface area contributed by atoms with Gasteiger partial charge in [-0.2, -0.15) is 0 Å². The third kappa shape index (κ3) is 7.95. The summed E-state index contributed by atoms with van der Waals surface area (Å²) in [6.07, 6.45) is 12.5. The summed E-state index contributed by atoms with van der Waals surface area (Å²) < 4.78 is 0. The van der Waals surface area contributed by atoms with Crippen molar-refractivity contribution in [1.29, 1.82) is 0 Å². The Morgan fingerprint density at radius 2 is 0.571 bits per heavy atom. The molecule has 3 aromatic heterocycles. The first-order chi connectivity index (χ1) is 30.6. The molecule has 0 unspecified atom stereocenters. The summed E-state index contributed by atoms with van der Waals surface area (Å²) in [5.74, 6) is 0. The van der Waals surface area contributed by atoms with Crippen molar-refractivity contribution in [3.63, 3.8) is 0 Å². The molecular weight excluding hydrogens is 769 g/mol. The number of rotatable bonds is 9. The van der Waals surface area contributed by atoms with Gasteiger partial charge in [0, 0.05) is 68.0 Å². The van der Waals surface area contributed by atoms with E-state index in [0.29, 0.717) is 0 Å². The molecule has 63 heavy (non-hydrogen) atoms. The predicted octanol–water partition coefficient (Wildman–Crippen LogP) is 14.0. The quantitative estimate of drug-likeness (QED) is 0.130. The summed E-state index contributed by atoms with van der Waals surface area (Å²) in [6, 6.07) is 46.4. The van der Waals surface area contributed by atoms with E-state index in [1.54, 1.807) is 0 Å². The van der Waals surface area contributed by atoms with E-state index < -0.39 is 0 Å². The monoisotopic (exact) mass is 816 g/mol. The van der Waals surface area contributed by atoms with Crippen LogP contribution in [0.15, 0.2) is 196 Å². The van der Waals surface area contributed by atoms with Crippen molar-refractivity contribution in [2.75, 3.05) is 0 Å². The fraction of sp³-hybridized carbons (Fsp3) is 0.105. The Kier molecular flexibility index (Phi) is 10.1. The summed E-state index contributed by atoms with van der Waals surface area (Å²) in [4.78, 5) is 25.3. The number of H-pyrrole nitrogens is 3. The van der Waals surface area contributed by atoms with Crippen molar-refractivity contribution in [2.24, 2.45) is 15.0 Å². The first-order valence-corrected chi connectivity index (χ1v) is 21.5. The highest BCUT2D eigenvalue weighted by Gasteiger charge is 2.19. The van der Waals surface area contributed by atoms with Crippen molar-refractivity contribution in [1.82, 2.24) is 15.0 Å². The van der Waals surface area contributed by atoms with Gasteiger partial charge in [0.15, 0.2) is 0 Å². The van der Waals surface area contributed by atoms with Gasteiger partial charge in [0.2, 0.25) is 0 Å². The van der Waals surface area contributed by atoms with Gasteiger partial charge in [-0.3, -0.25) is 15.0 Å². The summed E-state index contributed by atoms with van der Waals surface area (Å²) in [5.41, 5.74) is 25.8. The third-order valence-corrected chi connectivity index (χ3v) is 11.9. The maximum atomic E-state index is 4.88. The van der Waals surface area contributed by atoms with Gasteiger partial charge in [-0.1, -0.05) is 72.8 Å². The van der Waals surface area contributed by atoms with Crippen LogP contribution in [0.4, 0.5) is 0 Å². The molecule has 3 aliphatic heterocycles. The molecule has 3 aliphatic rings. The van der Waals surface area contributed by atoms with Gasteiger partial charge in [-0.25, -0.2) is 0 Å². The van der Waals surface area contributed by atoms with E-state index in [9.17, 15) is 0 Å². The standard InChI is InChI=1S/C57H48N6/c1-34-7-25-49(58-34)55(50-26-8-35(2)59-50)43-19-13-40(14-20-43)46-31-47(41-15-21-44(22-16-41)56(51-27-9-36(3)60-51)52-28-10-37(4)61-52)33-48(32-46)42-17-23-45(24-18-42)57(53-29-11-38(5)62-53)54-30-12-39(6)63-54/h7-33,58,60,62H,1-6H3/b55-50-,56-52+,57-54+. The molecule has 0 spiro atoms. The van der Waals surface area contributed by atoms with Crippen molar-refractivity contribution in [2.45, 2.75) is 41.5 Å². The summed E-state index contributed by atoms with van der Waals surface area (Å²) >= 11 is 0. The van der Waals surface area contributed by atoms with E-state index >= 15 is 0 Å². The zero-order valence-corrected chi connectivity index (χ0v) is 36.4. The van der Waals surface area contributed by atoms with Crippen LogP contribution >= 0.6 is 0 Å². The zero-order chi connectivity index (χ0) is 43.2. The largest absolute Gasteiger partial charge is 0.359 e. The molecular formula is C57H48N6. The number of aryl methyl sites for hydroxylation is 3. The fourth-order valence-corrected chi connectivity index (χ4v) is 8.70. The summed E-state index contributed by atoms with van der Waals surface area (Å²) in [7, 11) is 0. The molecule has 0 radical (unpaired) electrons. The highest BCUT2D eigenvalue weighted by Crippen LogP contribution is 2.38. The van der Waals surface area contributed by atoms with Crippen LogP contribution in [0.1, 0.15) is 71.6 Å². The molecule has 0 saturated heterocycles. The molecule has 4 aromatic carbocycles. The van der Waals surface area contributed by atoms with Crippen LogP contribution in [0.5, 0.6) is 0 Å². The number of nitrogens with one attached hydrogen (secondary N) is 3. The van der Waals surface area contributed by atoms with Gasteiger partial charge in [0.1, 0.15) is 0 Å². The third-order valence-electron chi connectivity index (χ3n) is 11.9. The molecule has 6 nitrogen and oxygen atoms in total. The van der Waals surface area contributed by atoms with E-state index in [0.717, 1.165) is 135 Å². The Balaban J connectivity index is 1.07. The van der Waals surface area contributed by atoms with Crippen molar-refractivity contribution >= 4 is 33.9 Å². The number of aliphatic imine (C=N–C) groups is 3. The molecule has 0 fully saturated rings. The normalized spacial score (nSPS) is 16.8. The van der Waals surface area contributed by atoms with Gasteiger partial charge >= 0.3 is 0 Å². The van der Waals surface area contributed by atoms with Gasteiger partial charge in [0.25, 0.3) is 0 Å². The van der Waals surface area contributed by atoms with Crippen LogP contribution in [-0.2, 0) is 0 Å². The lowest BCUT2D eigenvalue weighted by Gasteiger charge is -2.15. The fourth-order valence-electron chi connectivity index (χ4n) is 8.70. The Hall–Kier alpha value is -7.83. The molecule has 3 N–H and O–H groups in total. The Morgan fingerprint density at radius 1 is 0.302 bits per heavy atom. The van der Waals surface area contributed by atoms with Crippen LogP contribution in [-0.4, -0.2) is 32.1 Å². The average Bonchev–Trinajstić information content (AvgIpc) is 4.18. The number of hydrogen-bond acceptors (Lipinski definition) is 3. The summed E-state index contributed by atoms with van der Waals surface area (Å²) in [5, 5.41) is 0. The number of allylic oxidation sites excluding steroid dienone is 6. The van der Waals surface area contributed by atoms with Crippen LogP contribution in [0.2, 0.25) is 0 Å². The van der Waals surface area contributed by atoms with Crippen molar-refractivity contribution in [3.8, 4) is 33.4 Å². The molecule has 6 heterocycles. The van der Waals surface area contributed by atoms with Crippen molar-refractivity contribution in [3.05, 3.63) is 232 Å². The van der Waals surface area contributed by atoms with E-state index in [1.807, 2.05) is 20.8 Å². The van der Waals surface area contributed by atoms with Gasteiger partial charge < -0.3 is 15.0 Å². The maximum Gasteiger partial charge on any atom is 0.0732 e. The predicted molar refractivity (Wildman–Crippen MR) is 264 cm³/mol. The maximum absolute atomic E-state index is 4.88. The van der Waals surface area contributed by atoms with Gasteiger partial charge in [0.05, 0.1) is 17.1 Å². The molecule has 306 valence electrons. The second-order valence-electron chi connectivity index (χ2n) is 16.7. The molecule has 6 heteroatoms. The molecule has 0 amide bonds. The number of aromatic amines is 3. The lowest BCUT2D eigenvalue weighted by Crippen LogP contribution is -1.94. The number of aromatic nitrogens is 3. The highest BCUT2D eigenvalue weighted by molar-refractivity contribution is 6.01. The SMILES string of the molecule is CC1=N/C(=C(/c2ccc(-c3cc(-c4ccc(/C(=C5/C=CC(C)=N5)c5ccc(C)[nH]5)cc4)cc(-c4ccc(/C(=C5/C=CC(C)=N5)c5ccc(C)[nH]5)cc4)c3)cc2)c2ccc(C)[nH]2)C=C1. The molecule has 0 bridgehead atoms. The molecule has 0 saturated carbocycles. The average molecular weight is 817 g/mol. The van der Waals surface area contributed by atoms with E-state index in [1.165, 1.54) is 0 Å². The minimum atomic E-state index is 0.963. The van der Waals surface area contributed by atoms with Crippen molar-refractivity contribution < 1.29 is 0 Å². The van der Waals surface area contributed by atoms with Gasteiger partial charge in [-0.05, 0) is 183 Å². The Bertz CT molecular complexity index is 2870. The van der Waals surface area contributed by atoms with E-state index in [2.05, 4.69) is 200 Å². The highest BCUT2D eigenvalue weighted by atomic mass is 14.8. The lowest BCUT2D eigenvalue weighted by atomic mass is 9.90. The minimum absolute atomic E-state index is 0.963. The Morgan fingerprint density at radius 3 is 0.778 bits per heavy atom. The molecule has 7 aromatic rings. The molecule has 10 rings (SSSR count). The minimum Gasteiger partial charge on any atom is -0.359 e. The van der Waals surface area contributed by atoms with E-state index in [-0.39, 0.29) is 0 Å². The van der Waals surface area contributed by atoms with E-state index in [4.69, 9.17) is 15.0 Å². The Labute approximate surface area is 369 Å². The van der Waals surface area contributed by atoms with Crippen LogP contribution in [0.25, 0.3) is 50.1 Å². The van der Waals surface area contributed by atoms with Crippen LogP contribution in [0.3, 0.4) is 0 Å². The zero-order valence-electron chi connectivity index (χ0n) is 36.4. The van der Waals surface area contributed by atoms with Crippen LogP contribution < -0.4 is 0 Å². The number of nitrogens with zero attached hydrogens (tertiary/aromatic N) is 3. The lowest BCUT2D eigenvalue weighted by molar-refractivity contribution is 1.23. The molecule has 0 atom stereocenters. The first kappa shape index (κ1) is 39.3. The summed E-state index contributed by atoms with van der Waals surface area (Å²) in [6.45, 7) is 12.4. The number of benzene rings is 4. The van der Waals surface area contributed by atoms with Gasteiger partial charge in [-0.15, -0.1) is 0 Å². The topological polar surface area (TPSA) is 84.4 Å². The number of hydrogen-bond donors (Lipinski definition) is 3. The van der Waals surface area contributed by atoms with Crippen LogP contribution in [0, 0.1) is 20.8 Å². The smallest absolute Gasteiger partial charge is 0.0732 e.